The lowest BCUT2D eigenvalue weighted by atomic mass is 10.1. The number of nitrogens with zero attached hydrogens (tertiary/aromatic N) is 5. The maximum absolute atomic E-state index is 13.1. The number of carboxylic acids is 1. The third-order valence-corrected chi connectivity index (χ3v) is 6.79. The minimum absolute atomic E-state index is 0.0609. The second-order valence-electron chi connectivity index (χ2n) is 8.87. The third kappa shape index (κ3) is 8.27. The highest BCUT2D eigenvalue weighted by Crippen LogP contribution is 2.28. The molecule has 0 radical (unpaired) electrons. The number of aromatic carboxylic acids is 1. The predicted molar refractivity (Wildman–Crippen MR) is 146 cm³/mol. The number of carboxylic acid groups (broad SMARTS) is 1. The second kappa shape index (κ2) is 15.1. The van der Waals surface area contributed by atoms with Gasteiger partial charge in [0.15, 0.2) is 10.8 Å². The number of aromatic nitrogens is 5. The molecule has 2 N–H and O–H groups in total. The highest BCUT2D eigenvalue weighted by atomic mass is 32.1. The van der Waals surface area contributed by atoms with Gasteiger partial charge in [-0.25, -0.2) is 28.5 Å². The Balaban J connectivity index is 0.000000230. The van der Waals surface area contributed by atoms with E-state index in [9.17, 15) is 13.6 Å². The van der Waals surface area contributed by atoms with Crippen LogP contribution in [0.5, 0.6) is 0 Å². The smallest absolute Gasteiger partial charge is 0.339 e. The first-order chi connectivity index (χ1) is 18.4. The summed E-state index contributed by atoms with van der Waals surface area (Å²) in [5.41, 5.74) is 4.56. The number of hydrogen-bond donors (Lipinski definition) is 2. The highest BCUT2D eigenvalue weighted by molar-refractivity contribution is 7.13. The fourth-order valence-corrected chi connectivity index (χ4v) is 4.55. The highest BCUT2D eigenvalue weighted by Gasteiger charge is 2.16. The van der Waals surface area contributed by atoms with E-state index < -0.39 is 12.4 Å². The Bertz CT molecular complexity index is 1280. The molecule has 4 heterocycles. The summed E-state index contributed by atoms with van der Waals surface area (Å²) in [6, 6.07) is 1.64. The Labute approximate surface area is 225 Å². The molecule has 204 valence electrons. The van der Waals surface area contributed by atoms with Gasteiger partial charge in [0.1, 0.15) is 0 Å². The normalized spacial score (nSPS) is 11.0. The minimum Gasteiger partial charge on any atom is -0.478 e. The van der Waals surface area contributed by atoms with Gasteiger partial charge in [0.05, 0.1) is 23.0 Å². The summed E-state index contributed by atoms with van der Waals surface area (Å²) in [6.07, 6.45) is 15.2. The molecule has 0 aliphatic carbocycles. The van der Waals surface area contributed by atoms with Crippen LogP contribution in [-0.4, -0.2) is 42.2 Å². The van der Waals surface area contributed by atoms with Gasteiger partial charge in [-0.1, -0.05) is 51.9 Å². The first-order valence-electron chi connectivity index (χ1n) is 12.9. The van der Waals surface area contributed by atoms with E-state index in [-0.39, 0.29) is 11.1 Å². The van der Waals surface area contributed by atoms with Gasteiger partial charge in [-0.3, -0.25) is 9.66 Å². The van der Waals surface area contributed by atoms with Crippen molar-refractivity contribution in [2.24, 2.45) is 0 Å². The first-order valence-corrected chi connectivity index (χ1v) is 13.7. The molecule has 4 aromatic heterocycles. The zero-order valence-electron chi connectivity index (χ0n) is 21.7. The molecule has 38 heavy (non-hydrogen) atoms. The van der Waals surface area contributed by atoms with Crippen LogP contribution in [0.2, 0.25) is 0 Å². The number of carbonyl (C=O) groups is 1. The van der Waals surface area contributed by atoms with Crippen LogP contribution < -0.4 is 5.43 Å². The zero-order valence-corrected chi connectivity index (χ0v) is 22.6. The fraction of sp³-hybridized carbons (Fsp3) is 0.444. The predicted octanol–water partition coefficient (Wildman–Crippen LogP) is 7.26. The average molecular weight is 545 g/mol. The molecule has 0 aromatic carbocycles. The molecule has 4 rings (SSSR count). The van der Waals surface area contributed by atoms with Gasteiger partial charge in [-0.2, -0.15) is 0 Å². The topological polar surface area (TPSA) is 106 Å². The number of alkyl halides is 2. The van der Waals surface area contributed by atoms with E-state index in [0.717, 1.165) is 13.0 Å². The van der Waals surface area contributed by atoms with E-state index in [4.69, 9.17) is 5.11 Å². The number of halogens is 2. The SMILES string of the molecule is CCCCCCCCCCNn1cc(C(F)F)c2ccncc21.Cc1nc(-c2nccs2)ncc1C(=O)O. The third-order valence-electron chi connectivity index (χ3n) is 6.02. The molecule has 0 aliphatic heterocycles. The molecule has 0 saturated carbocycles. The number of aryl methyl sites for hydroxylation is 1. The van der Waals surface area contributed by atoms with Crippen molar-refractivity contribution < 1.29 is 18.7 Å². The van der Waals surface area contributed by atoms with Gasteiger partial charge in [-0.05, 0) is 19.4 Å². The number of hydrogen-bond acceptors (Lipinski definition) is 7. The molecule has 0 spiro atoms. The number of thiazole rings is 1. The van der Waals surface area contributed by atoms with E-state index in [1.807, 2.05) is 5.38 Å². The van der Waals surface area contributed by atoms with Crippen LogP contribution in [0.25, 0.3) is 21.7 Å². The van der Waals surface area contributed by atoms with E-state index in [0.29, 0.717) is 27.4 Å². The van der Waals surface area contributed by atoms with Crippen molar-refractivity contribution in [2.45, 2.75) is 71.6 Å². The Hall–Kier alpha value is -3.47. The van der Waals surface area contributed by atoms with Crippen LogP contribution in [0, 0.1) is 6.92 Å². The van der Waals surface area contributed by atoms with Gasteiger partial charge >= 0.3 is 5.97 Å². The second-order valence-corrected chi connectivity index (χ2v) is 9.76. The quantitative estimate of drug-likeness (QED) is 0.171. The van der Waals surface area contributed by atoms with Crippen LogP contribution in [0.4, 0.5) is 8.78 Å². The van der Waals surface area contributed by atoms with Crippen LogP contribution >= 0.6 is 11.3 Å². The van der Waals surface area contributed by atoms with E-state index in [1.165, 1.54) is 68.7 Å². The monoisotopic (exact) mass is 544 g/mol. The van der Waals surface area contributed by atoms with Crippen LogP contribution in [0.1, 0.15) is 86.3 Å². The molecule has 0 atom stereocenters. The molecule has 8 nitrogen and oxygen atoms in total. The molecule has 0 amide bonds. The lowest BCUT2D eigenvalue weighted by molar-refractivity contribution is 0.0695. The van der Waals surface area contributed by atoms with Crippen molar-refractivity contribution in [1.82, 2.24) is 24.6 Å². The van der Waals surface area contributed by atoms with E-state index in [1.54, 1.807) is 36.3 Å². The fourth-order valence-electron chi connectivity index (χ4n) is 3.98. The molecular formula is C27H34F2N6O2S. The maximum atomic E-state index is 13.1. The number of pyridine rings is 1. The van der Waals surface area contributed by atoms with Crippen molar-refractivity contribution >= 4 is 28.2 Å². The molecule has 0 saturated heterocycles. The number of rotatable bonds is 13. The van der Waals surface area contributed by atoms with Gasteiger partial charge < -0.3 is 10.5 Å². The van der Waals surface area contributed by atoms with Gasteiger partial charge in [0.2, 0.25) is 0 Å². The van der Waals surface area contributed by atoms with Crippen molar-refractivity contribution in [3.8, 4) is 10.8 Å². The standard InChI is InChI=1S/C18H27F2N3.C9H7N3O2S/c1-2-3-4-5-6-7-8-9-11-22-23-14-16(18(19)20)15-10-12-21-13-17(15)23;1-5-6(9(13)14)4-11-7(12-5)8-10-2-3-15-8/h10,12-14,18,22H,2-9,11H2,1H3;2-4H,1H3,(H,13,14). The van der Waals surface area contributed by atoms with Gasteiger partial charge in [0, 0.05) is 47.7 Å². The van der Waals surface area contributed by atoms with Crippen molar-refractivity contribution in [3.63, 3.8) is 0 Å². The summed E-state index contributed by atoms with van der Waals surface area (Å²) >= 11 is 1.42. The van der Waals surface area contributed by atoms with Gasteiger partial charge in [0.25, 0.3) is 6.43 Å². The Morgan fingerprint density at radius 1 is 1.08 bits per heavy atom. The van der Waals surface area contributed by atoms with Crippen LogP contribution in [-0.2, 0) is 0 Å². The summed E-state index contributed by atoms with van der Waals surface area (Å²) in [6.45, 7) is 4.66. The van der Waals surface area contributed by atoms with E-state index in [2.05, 4.69) is 32.3 Å². The molecule has 0 aliphatic rings. The molecule has 11 heteroatoms. The van der Waals surface area contributed by atoms with Crippen LogP contribution in [0.3, 0.4) is 0 Å². The van der Waals surface area contributed by atoms with Crippen molar-refractivity contribution in [2.75, 3.05) is 12.0 Å². The summed E-state index contributed by atoms with van der Waals surface area (Å²) in [5, 5.41) is 11.9. The van der Waals surface area contributed by atoms with Crippen molar-refractivity contribution in [1.29, 1.82) is 0 Å². The van der Waals surface area contributed by atoms with Gasteiger partial charge in [-0.15, -0.1) is 11.3 Å². The molecule has 0 bridgehead atoms. The Morgan fingerprint density at radius 2 is 1.82 bits per heavy atom. The summed E-state index contributed by atoms with van der Waals surface area (Å²) in [4.78, 5) is 26.9. The lowest BCUT2D eigenvalue weighted by Crippen LogP contribution is -2.14. The first kappa shape index (κ1) is 29.1. The molecule has 4 aromatic rings. The Morgan fingerprint density at radius 3 is 2.45 bits per heavy atom. The number of fused-ring (bicyclic) bond motifs is 1. The maximum Gasteiger partial charge on any atom is 0.339 e. The molecule has 0 fully saturated rings. The molecular weight excluding hydrogens is 510 g/mol. The largest absolute Gasteiger partial charge is 0.478 e. The number of unbranched alkanes of at least 4 members (excludes halogenated alkanes) is 7. The average Bonchev–Trinajstić information content (AvgIpc) is 3.57. The van der Waals surface area contributed by atoms with Crippen LogP contribution in [0.15, 0.2) is 42.4 Å². The summed E-state index contributed by atoms with van der Waals surface area (Å²) < 4.78 is 27.8. The minimum atomic E-state index is -2.47. The van der Waals surface area contributed by atoms with Crippen molar-refractivity contribution in [3.05, 3.63) is 59.3 Å². The molecule has 0 unspecified atom stereocenters. The summed E-state index contributed by atoms with van der Waals surface area (Å²) in [5.74, 6) is -0.550. The van der Waals surface area contributed by atoms with E-state index >= 15 is 0 Å². The lowest BCUT2D eigenvalue weighted by Gasteiger charge is -2.09. The Kier molecular flexibility index (Phi) is 11.5. The number of nitrogens with one attached hydrogen (secondary N) is 1. The zero-order chi connectivity index (χ0) is 27.3. The summed E-state index contributed by atoms with van der Waals surface area (Å²) in [7, 11) is 0.